The standard InChI is InChI=1S/C14H17F2NO2/c1-17(9-14(19)7-2-3-8-14)13(18)10-5-4-6-11(15)12(10)16/h4-6,19H,2-3,7-9H2,1H3. The lowest BCUT2D eigenvalue weighted by atomic mass is 10.0. The number of likely N-dealkylation sites (N-methyl/N-ethyl adjacent to an activating group) is 1. The van der Waals surface area contributed by atoms with E-state index in [1.807, 2.05) is 0 Å². The Kier molecular flexibility index (Phi) is 3.85. The number of carbonyl (C=O) groups excluding carboxylic acids is 1. The average molecular weight is 269 g/mol. The van der Waals surface area contributed by atoms with Crippen LogP contribution in [0.1, 0.15) is 36.0 Å². The van der Waals surface area contributed by atoms with Crippen molar-refractivity contribution in [3.8, 4) is 0 Å². The summed E-state index contributed by atoms with van der Waals surface area (Å²) in [6.07, 6.45) is 3.12. The van der Waals surface area contributed by atoms with Gasteiger partial charge in [-0.3, -0.25) is 4.79 Å². The number of hydrogen-bond donors (Lipinski definition) is 1. The van der Waals surface area contributed by atoms with Gasteiger partial charge < -0.3 is 10.0 Å². The fourth-order valence-electron chi connectivity index (χ4n) is 2.58. The van der Waals surface area contributed by atoms with E-state index in [1.54, 1.807) is 0 Å². The Morgan fingerprint density at radius 3 is 2.63 bits per heavy atom. The number of amides is 1. The predicted octanol–water partition coefficient (Wildman–Crippen LogP) is 2.34. The van der Waals surface area contributed by atoms with Crippen molar-refractivity contribution < 1.29 is 18.7 Å². The summed E-state index contributed by atoms with van der Waals surface area (Å²) in [7, 11) is 1.49. The summed E-state index contributed by atoms with van der Waals surface area (Å²) < 4.78 is 26.6. The van der Waals surface area contributed by atoms with E-state index in [1.165, 1.54) is 24.1 Å². The maximum absolute atomic E-state index is 13.5. The molecular formula is C14H17F2NO2. The number of nitrogens with zero attached hydrogens (tertiary/aromatic N) is 1. The minimum absolute atomic E-state index is 0.141. The molecule has 0 aromatic heterocycles. The maximum atomic E-state index is 13.5. The van der Waals surface area contributed by atoms with E-state index < -0.39 is 23.1 Å². The first kappa shape index (κ1) is 13.9. The maximum Gasteiger partial charge on any atom is 0.256 e. The van der Waals surface area contributed by atoms with Crippen molar-refractivity contribution in [3.05, 3.63) is 35.4 Å². The molecule has 19 heavy (non-hydrogen) atoms. The Hall–Kier alpha value is -1.49. The second-order valence-corrected chi connectivity index (χ2v) is 5.19. The van der Waals surface area contributed by atoms with Gasteiger partial charge in [0, 0.05) is 13.6 Å². The third-order valence-electron chi connectivity index (χ3n) is 3.59. The van der Waals surface area contributed by atoms with E-state index in [0.717, 1.165) is 18.9 Å². The van der Waals surface area contributed by atoms with Crippen molar-refractivity contribution in [2.75, 3.05) is 13.6 Å². The van der Waals surface area contributed by atoms with Crippen molar-refractivity contribution >= 4 is 5.91 Å². The van der Waals surface area contributed by atoms with Crippen LogP contribution in [0.4, 0.5) is 8.78 Å². The van der Waals surface area contributed by atoms with Crippen LogP contribution in [0, 0.1) is 11.6 Å². The monoisotopic (exact) mass is 269 g/mol. The highest BCUT2D eigenvalue weighted by molar-refractivity contribution is 5.94. The fraction of sp³-hybridized carbons (Fsp3) is 0.500. The van der Waals surface area contributed by atoms with Crippen molar-refractivity contribution in [1.82, 2.24) is 4.90 Å². The predicted molar refractivity (Wildman–Crippen MR) is 66.7 cm³/mol. The molecule has 2 rings (SSSR count). The topological polar surface area (TPSA) is 40.5 Å². The van der Waals surface area contributed by atoms with Gasteiger partial charge in [-0.2, -0.15) is 0 Å². The van der Waals surface area contributed by atoms with Crippen LogP contribution < -0.4 is 0 Å². The van der Waals surface area contributed by atoms with E-state index in [2.05, 4.69) is 0 Å². The van der Waals surface area contributed by atoms with E-state index >= 15 is 0 Å². The van der Waals surface area contributed by atoms with Gasteiger partial charge in [-0.15, -0.1) is 0 Å². The van der Waals surface area contributed by atoms with Crippen LogP contribution in [0.15, 0.2) is 18.2 Å². The number of hydrogen-bond acceptors (Lipinski definition) is 2. The molecule has 1 aromatic carbocycles. The Morgan fingerprint density at radius 1 is 1.37 bits per heavy atom. The van der Waals surface area contributed by atoms with Crippen LogP contribution in [0.3, 0.4) is 0 Å². The average Bonchev–Trinajstić information content (AvgIpc) is 2.78. The molecule has 5 heteroatoms. The van der Waals surface area contributed by atoms with Crippen molar-refractivity contribution in [1.29, 1.82) is 0 Å². The van der Waals surface area contributed by atoms with Crippen LogP contribution in [-0.2, 0) is 0 Å². The molecule has 1 N–H and O–H groups in total. The number of benzene rings is 1. The molecule has 1 aliphatic carbocycles. The highest BCUT2D eigenvalue weighted by Gasteiger charge is 2.34. The minimum Gasteiger partial charge on any atom is -0.388 e. The van der Waals surface area contributed by atoms with Crippen LogP contribution in [-0.4, -0.2) is 35.1 Å². The second kappa shape index (κ2) is 5.25. The molecule has 3 nitrogen and oxygen atoms in total. The van der Waals surface area contributed by atoms with E-state index in [9.17, 15) is 18.7 Å². The van der Waals surface area contributed by atoms with Gasteiger partial charge in [0.25, 0.3) is 5.91 Å². The van der Waals surface area contributed by atoms with E-state index in [-0.39, 0.29) is 12.1 Å². The molecule has 0 bridgehead atoms. The lowest BCUT2D eigenvalue weighted by Gasteiger charge is -2.28. The molecule has 0 heterocycles. The summed E-state index contributed by atoms with van der Waals surface area (Å²) in [5.74, 6) is -2.80. The lowest BCUT2D eigenvalue weighted by molar-refractivity contribution is 0.0155. The second-order valence-electron chi connectivity index (χ2n) is 5.19. The smallest absolute Gasteiger partial charge is 0.256 e. The number of rotatable bonds is 3. The first-order valence-electron chi connectivity index (χ1n) is 6.35. The SMILES string of the molecule is CN(CC1(O)CCCC1)C(=O)c1cccc(F)c1F. The Balaban J connectivity index is 2.12. The Bertz CT molecular complexity index is 484. The van der Waals surface area contributed by atoms with Crippen molar-refractivity contribution in [2.24, 2.45) is 0 Å². The molecule has 0 radical (unpaired) electrons. The molecule has 0 spiro atoms. The zero-order valence-electron chi connectivity index (χ0n) is 10.8. The third kappa shape index (κ3) is 2.92. The summed E-state index contributed by atoms with van der Waals surface area (Å²) in [6.45, 7) is 0.141. The summed E-state index contributed by atoms with van der Waals surface area (Å²) in [6, 6.07) is 3.51. The van der Waals surface area contributed by atoms with Crippen LogP contribution in [0.2, 0.25) is 0 Å². The van der Waals surface area contributed by atoms with Crippen LogP contribution in [0.25, 0.3) is 0 Å². The summed E-state index contributed by atoms with van der Waals surface area (Å²) >= 11 is 0. The highest BCUT2D eigenvalue weighted by Crippen LogP contribution is 2.30. The first-order chi connectivity index (χ1) is 8.93. The molecule has 1 saturated carbocycles. The van der Waals surface area contributed by atoms with Gasteiger partial charge in [0.15, 0.2) is 11.6 Å². The lowest BCUT2D eigenvalue weighted by Crippen LogP contribution is -2.42. The summed E-state index contributed by atoms with van der Waals surface area (Å²) in [5, 5.41) is 10.2. The zero-order valence-corrected chi connectivity index (χ0v) is 10.8. The summed E-state index contributed by atoms with van der Waals surface area (Å²) in [4.78, 5) is 13.3. The van der Waals surface area contributed by atoms with Gasteiger partial charge in [-0.1, -0.05) is 18.9 Å². The molecule has 1 fully saturated rings. The Labute approximate surface area is 110 Å². The highest BCUT2D eigenvalue weighted by atomic mass is 19.2. The van der Waals surface area contributed by atoms with Gasteiger partial charge in [-0.25, -0.2) is 8.78 Å². The molecular weight excluding hydrogens is 252 g/mol. The molecule has 1 amide bonds. The normalized spacial score (nSPS) is 17.5. The van der Waals surface area contributed by atoms with Gasteiger partial charge in [0.2, 0.25) is 0 Å². The van der Waals surface area contributed by atoms with Gasteiger partial charge >= 0.3 is 0 Å². The molecule has 0 atom stereocenters. The van der Waals surface area contributed by atoms with Crippen molar-refractivity contribution in [2.45, 2.75) is 31.3 Å². The molecule has 1 aromatic rings. The van der Waals surface area contributed by atoms with Crippen molar-refractivity contribution in [3.63, 3.8) is 0 Å². The van der Waals surface area contributed by atoms with Crippen LogP contribution in [0.5, 0.6) is 0 Å². The molecule has 104 valence electrons. The summed E-state index contributed by atoms with van der Waals surface area (Å²) in [5.41, 5.74) is -1.20. The molecule has 0 unspecified atom stereocenters. The minimum atomic E-state index is -1.14. The first-order valence-corrected chi connectivity index (χ1v) is 6.35. The number of halogens is 2. The molecule has 0 saturated heterocycles. The Morgan fingerprint density at radius 2 is 2.00 bits per heavy atom. The van der Waals surface area contributed by atoms with Gasteiger partial charge in [0.1, 0.15) is 0 Å². The number of aliphatic hydroxyl groups is 1. The quantitative estimate of drug-likeness (QED) is 0.915. The third-order valence-corrected chi connectivity index (χ3v) is 3.59. The van der Waals surface area contributed by atoms with Crippen LogP contribution >= 0.6 is 0 Å². The van der Waals surface area contributed by atoms with E-state index in [0.29, 0.717) is 12.8 Å². The fourth-order valence-corrected chi connectivity index (χ4v) is 2.58. The van der Waals surface area contributed by atoms with Gasteiger partial charge in [0.05, 0.1) is 11.2 Å². The number of carbonyl (C=O) groups is 1. The molecule has 0 aliphatic heterocycles. The zero-order chi connectivity index (χ0) is 14.0. The van der Waals surface area contributed by atoms with Gasteiger partial charge in [-0.05, 0) is 25.0 Å². The van der Waals surface area contributed by atoms with E-state index in [4.69, 9.17) is 0 Å². The largest absolute Gasteiger partial charge is 0.388 e. The molecule has 1 aliphatic rings.